The van der Waals surface area contributed by atoms with Gasteiger partial charge in [0.15, 0.2) is 0 Å². The molecule has 2 aliphatic heterocycles. The Morgan fingerprint density at radius 2 is 2.00 bits per heavy atom. The maximum absolute atomic E-state index is 5.81. The minimum atomic E-state index is 0.270. The fourth-order valence-corrected chi connectivity index (χ4v) is 4.71. The summed E-state index contributed by atoms with van der Waals surface area (Å²) in [4.78, 5) is 3.33. The summed E-state index contributed by atoms with van der Waals surface area (Å²) in [5.74, 6) is 1.05. The van der Waals surface area contributed by atoms with Crippen molar-refractivity contribution >= 4 is 0 Å². The van der Waals surface area contributed by atoms with Gasteiger partial charge < -0.3 is 14.5 Å². The summed E-state index contributed by atoms with van der Waals surface area (Å²) in [6.45, 7) is 9.83. The molecule has 152 valence electrons. The summed E-state index contributed by atoms with van der Waals surface area (Å²) in [6.07, 6.45) is 4.83. The van der Waals surface area contributed by atoms with E-state index < -0.39 is 0 Å². The van der Waals surface area contributed by atoms with Gasteiger partial charge in [0.05, 0.1) is 12.6 Å². The lowest BCUT2D eigenvalue weighted by Gasteiger charge is -2.34. The number of hydrogen-bond acceptors (Lipinski definition) is 4. The van der Waals surface area contributed by atoms with Gasteiger partial charge in [0.25, 0.3) is 0 Å². The molecule has 2 fully saturated rings. The predicted molar refractivity (Wildman–Crippen MR) is 106 cm³/mol. The molecule has 0 unspecified atom stereocenters. The van der Waals surface area contributed by atoms with Crippen molar-refractivity contribution < 1.29 is 14.5 Å². The third kappa shape index (κ3) is 4.77. The van der Waals surface area contributed by atoms with E-state index in [1.807, 2.05) is 4.68 Å². The molecule has 0 aliphatic carbocycles. The highest BCUT2D eigenvalue weighted by atomic mass is 16.5. The molecule has 0 amide bonds. The Balaban J connectivity index is 1.38. The van der Waals surface area contributed by atoms with Gasteiger partial charge >= 0.3 is 0 Å². The van der Waals surface area contributed by atoms with Crippen LogP contribution in [0.2, 0.25) is 0 Å². The van der Waals surface area contributed by atoms with Crippen molar-refractivity contribution in [1.29, 1.82) is 0 Å². The molecule has 0 saturated carbocycles. The Hall–Kier alpha value is -1.83. The minimum Gasteiger partial charge on any atom is -0.376 e. The van der Waals surface area contributed by atoms with Crippen molar-refractivity contribution in [3.63, 3.8) is 0 Å². The van der Waals surface area contributed by atoms with Gasteiger partial charge in [0, 0.05) is 18.6 Å². The largest absolute Gasteiger partial charge is 0.376 e. The smallest absolute Gasteiger partial charge is 0.209 e. The number of nitrogens with zero attached hydrogens (tertiary/aromatic N) is 4. The Kier molecular flexibility index (Phi) is 6.67. The molecule has 0 spiro atoms. The molecule has 2 atom stereocenters. The standard InChI is InChI=1S/C21H32N6O/c1-2-7-20(21-22-23-24-27(21)17-19-10-6-15-28-19)26-13-11-25(12-14-26)16-18-8-4-3-5-9-18/h3-5,8-9,19-20H,2,6-7,10-17H2,1H3/p+2/t19-,20-/m1/s1. The summed E-state index contributed by atoms with van der Waals surface area (Å²) < 4.78 is 7.83. The molecular weight excluding hydrogens is 352 g/mol. The zero-order chi connectivity index (χ0) is 19.2. The second-order valence-electron chi connectivity index (χ2n) is 8.27. The highest BCUT2D eigenvalue weighted by molar-refractivity contribution is 5.13. The number of rotatable bonds is 8. The molecule has 28 heavy (non-hydrogen) atoms. The second kappa shape index (κ2) is 9.58. The van der Waals surface area contributed by atoms with Gasteiger partial charge in [0.1, 0.15) is 38.8 Å². The summed E-state index contributed by atoms with van der Waals surface area (Å²) in [6, 6.07) is 11.2. The normalized spacial score (nSPS) is 26.4. The molecule has 2 aromatic rings. The van der Waals surface area contributed by atoms with Crippen molar-refractivity contribution in [2.24, 2.45) is 0 Å². The maximum atomic E-state index is 5.81. The molecule has 1 aromatic heterocycles. The van der Waals surface area contributed by atoms with Gasteiger partial charge in [-0.3, -0.25) is 0 Å². The SMILES string of the molecule is CCC[C@H](c1nnnn1C[C@H]1CCCO1)[NH+]1CC[NH+](Cc2ccccc2)CC1. The van der Waals surface area contributed by atoms with Crippen LogP contribution in [0.25, 0.3) is 0 Å². The van der Waals surface area contributed by atoms with E-state index in [2.05, 4.69) is 52.8 Å². The van der Waals surface area contributed by atoms with Crippen molar-refractivity contribution in [3.05, 3.63) is 41.7 Å². The van der Waals surface area contributed by atoms with Crippen LogP contribution >= 0.6 is 0 Å². The van der Waals surface area contributed by atoms with E-state index in [0.717, 1.165) is 51.2 Å². The topological polar surface area (TPSA) is 61.7 Å². The minimum absolute atomic E-state index is 0.270. The van der Waals surface area contributed by atoms with Crippen LogP contribution < -0.4 is 9.80 Å². The van der Waals surface area contributed by atoms with Gasteiger partial charge in [-0.1, -0.05) is 43.7 Å². The van der Waals surface area contributed by atoms with E-state index in [-0.39, 0.29) is 6.10 Å². The molecule has 2 saturated heterocycles. The first-order chi connectivity index (χ1) is 13.8. The molecule has 0 radical (unpaired) electrons. The first-order valence-corrected chi connectivity index (χ1v) is 10.9. The number of nitrogens with one attached hydrogen (secondary N) is 2. The highest BCUT2D eigenvalue weighted by Crippen LogP contribution is 2.17. The number of aromatic nitrogens is 4. The van der Waals surface area contributed by atoms with E-state index in [1.54, 1.807) is 9.80 Å². The van der Waals surface area contributed by atoms with Crippen LogP contribution in [0.15, 0.2) is 30.3 Å². The van der Waals surface area contributed by atoms with Gasteiger partial charge in [-0.25, -0.2) is 4.68 Å². The number of piperazine rings is 1. The van der Waals surface area contributed by atoms with Crippen molar-refractivity contribution in [3.8, 4) is 0 Å². The quantitative estimate of drug-likeness (QED) is 0.653. The lowest BCUT2D eigenvalue weighted by molar-refractivity contribution is -1.03. The van der Waals surface area contributed by atoms with Crippen molar-refractivity contribution in [2.45, 2.75) is 57.8 Å². The average molecular weight is 387 g/mol. The molecule has 2 aliphatic rings. The third-order valence-corrected chi connectivity index (χ3v) is 6.24. The summed E-state index contributed by atoms with van der Waals surface area (Å²) in [5.41, 5.74) is 1.44. The fourth-order valence-electron chi connectivity index (χ4n) is 4.71. The van der Waals surface area contributed by atoms with Crippen LogP contribution in [0, 0.1) is 0 Å². The number of hydrogen-bond donors (Lipinski definition) is 2. The molecule has 3 heterocycles. The van der Waals surface area contributed by atoms with Crippen LogP contribution in [-0.2, 0) is 17.8 Å². The van der Waals surface area contributed by atoms with E-state index in [1.165, 1.54) is 31.7 Å². The van der Waals surface area contributed by atoms with Crippen LogP contribution in [0.5, 0.6) is 0 Å². The average Bonchev–Trinajstić information content (AvgIpc) is 3.40. The number of tetrazole rings is 1. The van der Waals surface area contributed by atoms with Crippen molar-refractivity contribution in [1.82, 2.24) is 20.2 Å². The zero-order valence-corrected chi connectivity index (χ0v) is 17.0. The van der Waals surface area contributed by atoms with Gasteiger partial charge in [-0.05, 0) is 23.3 Å². The highest BCUT2D eigenvalue weighted by Gasteiger charge is 2.34. The van der Waals surface area contributed by atoms with Crippen LogP contribution in [0.3, 0.4) is 0 Å². The van der Waals surface area contributed by atoms with Gasteiger partial charge in [-0.2, -0.15) is 0 Å². The third-order valence-electron chi connectivity index (χ3n) is 6.24. The zero-order valence-electron chi connectivity index (χ0n) is 17.0. The van der Waals surface area contributed by atoms with Gasteiger partial charge in [0.2, 0.25) is 5.82 Å². The lowest BCUT2D eigenvalue weighted by atomic mass is 10.1. The molecule has 0 bridgehead atoms. The Morgan fingerprint density at radius 3 is 2.71 bits per heavy atom. The first-order valence-electron chi connectivity index (χ1n) is 10.9. The number of quaternary nitrogens is 2. The second-order valence-corrected chi connectivity index (χ2v) is 8.27. The number of benzene rings is 1. The number of ether oxygens (including phenoxy) is 1. The van der Waals surface area contributed by atoms with Crippen molar-refractivity contribution in [2.75, 3.05) is 32.8 Å². The van der Waals surface area contributed by atoms with Crippen LogP contribution in [0.4, 0.5) is 0 Å². The van der Waals surface area contributed by atoms with Crippen LogP contribution in [0.1, 0.15) is 50.0 Å². The molecule has 7 nitrogen and oxygen atoms in total. The monoisotopic (exact) mass is 386 g/mol. The molecule has 2 N–H and O–H groups in total. The predicted octanol–water partition coefficient (Wildman–Crippen LogP) is -0.323. The van der Waals surface area contributed by atoms with E-state index in [4.69, 9.17) is 4.74 Å². The van der Waals surface area contributed by atoms with Gasteiger partial charge in [-0.15, -0.1) is 5.10 Å². The maximum Gasteiger partial charge on any atom is 0.209 e. The summed E-state index contributed by atoms with van der Waals surface area (Å²) in [7, 11) is 0. The molecule has 1 aromatic carbocycles. The lowest BCUT2D eigenvalue weighted by Crippen LogP contribution is -3.27. The van der Waals surface area contributed by atoms with E-state index in [0.29, 0.717) is 6.04 Å². The Morgan fingerprint density at radius 1 is 1.18 bits per heavy atom. The molecule has 4 rings (SSSR count). The van der Waals surface area contributed by atoms with E-state index in [9.17, 15) is 0 Å². The van der Waals surface area contributed by atoms with Crippen LogP contribution in [-0.4, -0.2) is 59.1 Å². The molecule has 7 heteroatoms. The Labute approximate surface area is 167 Å². The fraction of sp³-hybridized carbons (Fsp3) is 0.667. The molecular formula is C21H34N6O+2. The summed E-state index contributed by atoms with van der Waals surface area (Å²) in [5, 5.41) is 12.8. The van der Waals surface area contributed by atoms with E-state index >= 15 is 0 Å². The first kappa shape index (κ1) is 19.5. The summed E-state index contributed by atoms with van der Waals surface area (Å²) >= 11 is 0. The Bertz CT molecular complexity index is 707.